The number of benzene rings is 2. The fourth-order valence-electron chi connectivity index (χ4n) is 3.21. The number of aryl methyl sites for hydroxylation is 1. The number of ether oxygens (including phenoxy) is 1. The third-order valence-corrected chi connectivity index (χ3v) is 4.90. The summed E-state index contributed by atoms with van der Waals surface area (Å²) in [5.74, 6) is 0.505. The molecule has 154 valence electrons. The quantitative estimate of drug-likeness (QED) is 0.511. The van der Waals surface area contributed by atoms with E-state index in [-0.39, 0.29) is 11.9 Å². The lowest BCUT2D eigenvalue weighted by Gasteiger charge is -2.19. The first-order chi connectivity index (χ1) is 13.7. The van der Waals surface area contributed by atoms with Gasteiger partial charge in [-0.1, -0.05) is 6.07 Å². The van der Waals surface area contributed by atoms with Gasteiger partial charge in [0.2, 0.25) is 0 Å². The zero-order valence-electron chi connectivity index (χ0n) is 18.0. The molecule has 1 unspecified atom stereocenters. The van der Waals surface area contributed by atoms with E-state index in [0.29, 0.717) is 22.7 Å². The van der Waals surface area contributed by atoms with Crippen LogP contribution in [0.3, 0.4) is 0 Å². The molecule has 0 aliphatic carbocycles. The number of anilines is 1. The molecule has 0 aromatic heterocycles. The lowest BCUT2D eigenvalue weighted by Crippen LogP contribution is -2.27. The third kappa shape index (κ3) is 5.16. The first-order valence-corrected chi connectivity index (χ1v) is 9.44. The Hall–Kier alpha value is -3.28. The summed E-state index contributed by atoms with van der Waals surface area (Å²) in [6.07, 6.45) is 0. The number of carbonyl (C=O) groups is 1. The maximum atomic E-state index is 12.8. The number of nitrogens with zero attached hydrogens (tertiary/aromatic N) is 1. The van der Waals surface area contributed by atoms with Gasteiger partial charge in [0, 0.05) is 35.3 Å². The predicted octanol–water partition coefficient (Wildman–Crippen LogP) is 3.86. The zero-order valence-corrected chi connectivity index (χ0v) is 18.0. The van der Waals surface area contributed by atoms with Crippen LogP contribution in [0.1, 0.15) is 53.9 Å². The summed E-state index contributed by atoms with van der Waals surface area (Å²) in [7, 11) is 3.35. The molecule has 0 heterocycles. The molecule has 29 heavy (non-hydrogen) atoms. The molecule has 1 amide bonds. The second kappa shape index (κ2) is 9.28. The number of hydrogen-bond acceptors (Lipinski definition) is 5. The van der Waals surface area contributed by atoms with Gasteiger partial charge in [-0.05, 0) is 74.7 Å². The van der Waals surface area contributed by atoms with Crippen LogP contribution in [-0.4, -0.2) is 25.8 Å². The fraction of sp³-hybridized carbons (Fsp3) is 0.304. The van der Waals surface area contributed by atoms with Gasteiger partial charge < -0.3 is 21.5 Å². The fourth-order valence-corrected chi connectivity index (χ4v) is 3.21. The van der Waals surface area contributed by atoms with Crippen LogP contribution in [0, 0.1) is 6.92 Å². The Kier molecular flexibility index (Phi) is 7.04. The van der Waals surface area contributed by atoms with Gasteiger partial charge in [0.05, 0.1) is 13.2 Å². The Morgan fingerprint density at radius 3 is 2.45 bits per heavy atom. The average Bonchev–Trinajstić information content (AvgIpc) is 2.68. The van der Waals surface area contributed by atoms with Crippen LogP contribution in [0.15, 0.2) is 47.1 Å². The first-order valence-electron chi connectivity index (χ1n) is 9.44. The number of hydrogen-bond donors (Lipinski definition) is 3. The monoisotopic (exact) mass is 394 g/mol. The van der Waals surface area contributed by atoms with Gasteiger partial charge >= 0.3 is 0 Å². The van der Waals surface area contributed by atoms with Crippen molar-refractivity contribution in [1.29, 1.82) is 0 Å². The minimum atomic E-state index is -0.254. The molecule has 5 N–H and O–H groups in total. The molecule has 0 saturated carbocycles. The molecule has 2 aromatic rings. The first kappa shape index (κ1) is 22.0. The van der Waals surface area contributed by atoms with Gasteiger partial charge in [-0.25, -0.2) is 0 Å². The van der Waals surface area contributed by atoms with Crippen molar-refractivity contribution in [3.05, 3.63) is 64.3 Å². The maximum absolute atomic E-state index is 12.8. The molecule has 0 fully saturated rings. The van der Waals surface area contributed by atoms with Crippen LogP contribution in [0.2, 0.25) is 0 Å². The largest absolute Gasteiger partial charge is 0.497 e. The summed E-state index contributed by atoms with van der Waals surface area (Å²) >= 11 is 0. The van der Waals surface area contributed by atoms with E-state index in [9.17, 15) is 4.79 Å². The van der Waals surface area contributed by atoms with E-state index in [1.165, 1.54) is 0 Å². The highest BCUT2D eigenvalue weighted by Gasteiger charge is 2.17. The smallest absolute Gasteiger partial charge is 0.252 e. The lowest BCUT2D eigenvalue weighted by molar-refractivity contribution is 0.0939. The van der Waals surface area contributed by atoms with E-state index in [4.69, 9.17) is 16.2 Å². The van der Waals surface area contributed by atoms with Crippen molar-refractivity contribution in [2.45, 2.75) is 33.7 Å². The second-order valence-electron chi connectivity index (χ2n) is 7.13. The minimum Gasteiger partial charge on any atom is -0.497 e. The van der Waals surface area contributed by atoms with Gasteiger partial charge in [-0.15, -0.1) is 0 Å². The van der Waals surface area contributed by atoms with Crippen molar-refractivity contribution < 1.29 is 9.53 Å². The Morgan fingerprint density at radius 2 is 1.86 bits per heavy atom. The third-order valence-electron chi connectivity index (χ3n) is 4.90. The zero-order chi connectivity index (χ0) is 21.7. The van der Waals surface area contributed by atoms with Crippen molar-refractivity contribution in [2.24, 2.45) is 10.7 Å². The summed E-state index contributed by atoms with van der Waals surface area (Å²) in [5.41, 5.74) is 18.1. The number of allylic oxidation sites excluding steroid dienone is 2. The topological polar surface area (TPSA) is 103 Å². The molecule has 1 atom stereocenters. The number of nitrogens with two attached hydrogens (primary N) is 2. The molecule has 0 spiro atoms. The number of amides is 1. The van der Waals surface area contributed by atoms with Gasteiger partial charge in [0.25, 0.3) is 5.91 Å². The number of nitrogens with one attached hydrogen (secondary N) is 1. The lowest BCUT2D eigenvalue weighted by atomic mass is 9.95. The molecule has 2 aromatic carbocycles. The van der Waals surface area contributed by atoms with E-state index in [1.807, 2.05) is 52.0 Å². The van der Waals surface area contributed by atoms with Crippen molar-refractivity contribution in [1.82, 2.24) is 5.32 Å². The van der Waals surface area contributed by atoms with Crippen LogP contribution >= 0.6 is 0 Å². The molecule has 0 aliphatic heterocycles. The summed E-state index contributed by atoms with van der Waals surface area (Å²) in [4.78, 5) is 17.1. The number of methoxy groups -OCH3 is 1. The molecule has 6 heteroatoms. The summed E-state index contributed by atoms with van der Waals surface area (Å²) in [6, 6.07) is 10.9. The molecular formula is C23H30N4O2. The van der Waals surface area contributed by atoms with Crippen LogP contribution in [0.5, 0.6) is 5.75 Å². The Balaban J connectivity index is 2.42. The highest BCUT2D eigenvalue weighted by Crippen LogP contribution is 2.28. The Bertz CT molecular complexity index is 973. The van der Waals surface area contributed by atoms with Crippen molar-refractivity contribution in [2.75, 3.05) is 19.9 Å². The van der Waals surface area contributed by atoms with Crippen LogP contribution in [0.25, 0.3) is 5.57 Å². The summed E-state index contributed by atoms with van der Waals surface area (Å²) < 4.78 is 5.48. The van der Waals surface area contributed by atoms with Gasteiger partial charge in [-0.2, -0.15) is 0 Å². The van der Waals surface area contributed by atoms with Crippen LogP contribution in [0.4, 0.5) is 5.69 Å². The SMILES string of the molecule is CN=C(C)/C(=C(/C)N)c1cc(OC)cc(C(C)NC(=O)c2cc(N)ccc2C)c1. The Morgan fingerprint density at radius 1 is 1.17 bits per heavy atom. The molecule has 0 bridgehead atoms. The van der Waals surface area contributed by atoms with E-state index in [0.717, 1.165) is 28.0 Å². The number of nitrogen functional groups attached to an aromatic ring is 1. The molecule has 2 rings (SSSR count). The van der Waals surface area contributed by atoms with E-state index >= 15 is 0 Å². The van der Waals surface area contributed by atoms with E-state index in [1.54, 1.807) is 26.3 Å². The van der Waals surface area contributed by atoms with E-state index in [2.05, 4.69) is 10.3 Å². The highest BCUT2D eigenvalue weighted by atomic mass is 16.5. The van der Waals surface area contributed by atoms with Gasteiger partial charge in [0.15, 0.2) is 0 Å². The summed E-state index contributed by atoms with van der Waals surface area (Å²) in [5, 5.41) is 3.04. The molecule has 6 nitrogen and oxygen atoms in total. The standard InChI is InChI=1S/C23H30N4O2/c1-13-7-8-19(25)12-21(13)23(28)27-15(3)17-9-18(11-20(10-17)29-6)22(14(2)24)16(4)26-5/h7-12,15H,24-25H2,1-6H3,(H,27,28)/b22-14+,26-16?. The number of carbonyl (C=O) groups excluding carboxylic acids is 1. The molecule has 0 radical (unpaired) electrons. The maximum Gasteiger partial charge on any atom is 0.252 e. The highest BCUT2D eigenvalue weighted by molar-refractivity contribution is 6.23. The molecule has 0 saturated heterocycles. The Labute approximate surface area is 172 Å². The second-order valence-corrected chi connectivity index (χ2v) is 7.13. The number of rotatable bonds is 6. The predicted molar refractivity (Wildman–Crippen MR) is 120 cm³/mol. The van der Waals surface area contributed by atoms with Crippen molar-refractivity contribution >= 4 is 22.9 Å². The average molecular weight is 395 g/mol. The van der Waals surface area contributed by atoms with Crippen molar-refractivity contribution in [3.8, 4) is 5.75 Å². The number of aliphatic imine (C=N–C) groups is 1. The van der Waals surface area contributed by atoms with Gasteiger partial charge in [-0.3, -0.25) is 9.79 Å². The van der Waals surface area contributed by atoms with Gasteiger partial charge in [0.1, 0.15) is 5.75 Å². The van der Waals surface area contributed by atoms with Crippen LogP contribution in [-0.2, 0) is 0 Å². The molecular weight excluding hydrogens is 364 g/mol. The van der Waals surface area contributed by atoms with E-state index < -0.39 is 0 Å². The normalized spacial score (nSPS) is 13.5. The van der Waals surface area contributed by atoms with Crippen LogP contribution < -0.4 is 21.5 Å². The van der Waals surface area contributed by atoms with Crippen molar-refractivity contribution in [3.63, 3.8) is 0 Å². The summed E-state index contributed by atoms with van der Waals surface area (Å²) in [6.45, 7) is 7.57. The minimum absolute atomic E-state index is 0.177. The molecule has 0 aliphatic rings.